The molecular formula is C12H15Cl2NO2. The van der Waals surface area contributed by atoms with Crippen LogP contribution in [-0.2, 0) is 4.74 Å². The Labute approximate surface area is 111 Å². The SMILES string of the molecule is COC(=O)c1cc(Cl)cc(Cl)c1NCC(C)C. The number of ether oxygens (including phenoxy) is 1. The summed E-state index contributed by atoms with van der Waals surface area (Å²) in [6.07, 6.45) is 0. The number of esters is 1. The minimum Gasteiger partial charge on any atom is -0.465 e. The van der Waals surface area contributed by atoms with Gasteiger partial charge < -0.3 is 10.1 Å². The molecule has 0 atom stereocenters. The average Bonchev–Trinajstić information content (AvgIpc) is 2.25. The van der Waals surface area contributed by atoms with Crippen molar-refractivity contribution < 1.29 is 9.53 Å². The molecule has 0 bridgehead atoms. The Morgan fingerprint density at radius 2 is 2.06 bits per heavy atom. The molecule has 0 saturated heterocycles. The van der Waals surface area contributed by atoms with Gasteiger partial charge >= 0.3 is 5.97 Å². The van der Waals surface area contributed by atoms with Gasteiger partial charge in [0.1, 0.15) is 0 Å². The summed E-state index contributed by atoms with van der Waals surface area (Å²) in [5, 5.41) is 3.96. The number of hydrogen-bond acceptors (Lipinski definition) is 3. The maximum absolute atomic E-state index is 11.6. The molecule has 17 heavy (non-hydrogen) atoms. The van der Waals surface area contributed by atoms with Crippen molar-refractivity contribution in [2.24, 2.45) is 5.92 Å². The highest BCUT2D eigenvalue weighted by atomic mass is 35.5. The number of carbonyl (C=O) groups is 1. The lowest BCUT2D eigenvalue weighted by molar-refractivity contribution is 0.0602. The van der Waals surface area contributed by atoms with E-state index in [1.165, 1.54) is 7.11 Å². The maximum atomic E-state index is 11.6. The van der Waals surface area contributed by atoms with E-state index in [4.69, 9.17) is 27.9 Å². The van der Waals surface area contributed by atoms with Crippen molar-refractivity contribution in [3.63, 3.8) is 0 Å². The number of halogens is 2. The lowest BCUT2D eigenvalue weighted by atomic mass is 10.1. The van der Waals surface area contributed by atoms with Crippen LogP contribution in [0.5, 0.6) is 0 Å². The Bertz CT molecular complexity index is 419. The number of methoxy groups -OCH3 is 1. The van der Waals surface area contributed by atoms with E-state index in [-0.39, 0.29) is 0 Å². The zero-order chi connectivity index (χ0) is 13.0. The predicted molar refractivity (Wildman–Crippen MR) is 71.1 cm³/mol. The Kier molecular flexibility index (Phi) is 5.09. The highest BCUT2D eigenvalue weighted by Gasteiger charge is 2.16. The first-order valence-electron chi connectivity index (χ1n) is 5.27. The van der Waals surface area contributed by atoms with E-state index < -0.39 is 5.97 Å². The summed E-state index contributed by atoms with van der Waals surface area (Å²) >= 11 is 11.9. The monoisotopic (exact) mass is 275 g/mol. The second kappa shape index (κ2) is 6.12. The summed E-state index contributed by atoms with van der Waals surface area (Å²) in [5.41, 5.74) is 0.919. The van der Waals surface area contributed by atoms with E-state index in [0.717, 1.165) is 0 Å². The Balaban J connectivity index is 3.11. The topological polar surface area (TPSA) is 38.3 Å². The minimum absolute atomic E-state index is 0.352. The van der Waals surface area contributed by atoms with Crippen LogP contribution in [0.3, 0.4) is 0 Å². The molecule has 1 rings (SSSR count). The zero-order valence-corrected chi connectivity index (χ0v) is 11.5. The van der Waals surface area contributed by atoms with E-state index in [9.17, 15) is 4.79 Å². The summed E-state index contributed by atoms with van der Waals surface area (Å²) in [6.45, 7) is 4.84. The maximum Gasteiger partial charge on any atom is 0.340 e. The largest absolute Gasteiger partial charge is 0.465 e. The van der Waals surface area contributed by atoms with Crippen molar-refractivity contribution >= 4 is 34.9 Å². The van der Waals surface area contributed by atoms with Gasteiger partial charge in [-0.3, -0.25) is 0 Å². The molecule has 0 unspecified atom stereocenters. The molecule has 1 aromatic carbocycles. The van der Waals surface area contributed by atoms with Crippen molar-refractivity contribution in [2.75, 3.05) is 19.0 Å². The molecule has 5 heteroatoms. The first kappa shape index (κ1) is 14.1. The zero-order valence-electron chi connectivity index (χ0n) is 10.0. The molecule has 0 fully saturated rings. The molecular weight excluding hydrogens is 261 g/mol. The first-order chi connectivity index (χ1) is 7.95. The molecule has 0 heterocycles. The molecule has 94 valence electrons. The first-order valence-corrected chi connectivity index (χ1v) is 6.02. The number of rotatable bonds is 4. The van der Waals surface area contributed by atoms with Crippen LogP contribution in [0.25, 0.3) is 0 Å². The summed E-state index contributed by atoms with van der Waals surface area (Å²) in [7, 11) is 1.32. The number of hydrogen-bond donors (Lipinski definition) is 1. The molecule has 0 amide bonds. The van der Waals surface area contributed by atoms with Gasteiger partial charge in [0, 0.05) is 11.6 Å². The van der Waals surface area contributed by atoms with Crippen LogP contribution in [0.2, 0.25) is 10.0 Å². The third-order valence-corrected chi connectivity index (χ3v) is 2.66. The smallest absolute Gasteiger partial charge is 0.340 e. The Morgan fingerprint density at radius 1 is 1.41 bits per heavy atom. The summed E-state index contributed by atoms with van der Waals surface area (Å²) < 4.78 is 4.70. The van der Waals surface area contributed by atoms with Crippen molar-refractivity contribution in [1.82, 2.24) is 0 Å². The van der Waals surface area contributed by atoms with Crippen LogP contribution < -0.4 is 5.32 Å². The van der Waals surface area contributed by atoms with Crippen molar-refractivity contribution in [3.8, 4) is 0 Å². The van der Waals surface area contributed by atoms with Gasteiger partial charge in [-0.15, -0.1) is 0 Å². The van der Waals surface area contributed by atoms with Gasteiger partial charge in [-0.2, -0.15) is 0 Å². The lowest BCUT2D eigenvalue weighted by Crippen LogP contribution is -2.13. The Hall–Kier alpha value is -0.930. The lowest BCUT2D eigenvalue weighted by Gasteiger charge is -2.14. The third kappa shape index (κ3) is 3.79. The fourth-order valence-corrected chi connectivity index (χ4v) is 1.89. The molecule has 3 nitrogen and oxygen atoms in total. The highest BCUT2D eigenvalue weighted by Crippen LogP contribution is 2.30. The van der Waals surface area contributed by atoms with Gasteiger partial charge in [0.15, 0.2) is 0 Å². The summed E-state index contributed by atoms with van der Waals surface area (Å²) in [4.78, 5) is 11.6. The molecule has 0 spiro atoms. The fourth-order valence-electron chi connectivity index (χ4n) is 1.33. The van der Waals surface area contributed by atoms with E-state index in [0.29, 0.717) is 33.8 Å². The van der Waals surface area contributed by atoms with Gasteiger partial charge in [-0.25, -0.2) is 4.79 Å². The quantitative estimate of drug-likeness (QED) is 0.849. The summed E-state index contributed by atoms with van der Waals surface area (Å²) in [6, 6.07) is 3.14. The third-order valence-electron chi connectivity index (χ3n) is 2.15. The number of nitrogens with one attached hydrogen (secondary N) is 1. The van der Waals surface area contributed by atoms with Crippen LogP contribution in [0.1, 0.15) is 24.2 Å². The standard InChI is InChI=1S/C12H15Cl2NO2/c1-7(2)6-15-11-9(12(16)17-3)4-8(13)5-10(11)14/h4-5,7,15H,6H2,1-3H3. The van der Waals surface area contributed by atoms with Crippen LogP contribution >= 0.6 is 23.2 Å². The van der Waals surface area contributed by atoms with Crippen LogP contribution in [0, 0.1) is 5.92 Å². The molecule has 0 aliphatic heterocycles. The normalized spacial score (nSPS) is 10.5. The molecule has 0 radical (unpaired) electrons. The van der Waals surface area contributed by atoms with E-state index >= 15 is 0 Å². The van der Waals surface area contributed by atoms with Crippen molar-refractivity contribution in [2.45, 2.75) is 13.8 Å². The van der Waals surface area contributed by atoms with Gasteiger partial charge in [0.2, 0.25) is 0 Å². The molecule has 0 aliphatic rings. The van der Waals surface area contributed by atoms with Crippen LogP contribution in [0.4, 0.5) is 5.69 Å². The van der Waals surface area contributed by atoms with E-state index in [1.54, 1.807) is 12.1 Å². The number of carbonyl (C=O) groups excluding carboxylic acids is 1. The highest BCUT2D eigenvalue weighted by molar-refractivity contribution is 6.37. The van der Waals surface area contributed by atoms with Gasteiger partial charge in [0.25, 0.3) is 0 Å². The van der Waals surface area contributed by atoms with Gasteiger partial charge in [-0.05, 0) is 18.1 Å². The van der Waals surface area contributed by atoms with Crippen molar-refractivity contribution in [1.29, 1.82) is 0 Å². The molecule has 0 aliphatic carbocycles. The number of anilines is 1. The molecule has 0 aromatic heterocycles. The van der Waals surface area contributed by atoms with E-state index in [2.05, 4.69) is 19.2 Å². The van der Waals surface area contributed by atoms with Crippen LogP contribution in [0.15, 0.2) is 12.1 Å². The van der Waals surface area contributed by atoms with Gasteiger partial charge in [0.05, 0.1) is 23.4 Å². The summed E-state index contributed by atoms with van der Waals surface area (Å²) in [5.74, 6) is -0.0205. The van der Waals surface area contributed by atoms with Crippen molar-refractivity contribution in [3.05, 3.63) is 27.7 Å². The molecule has 0 saturated carbocycles. The van der Waals surface area contributed by atoms with Gasteiger partial charge in [-0.1, -0.05) is 37.0 Å². The molecule has 1 aromatic rings. The number of benzene rings is 1. The minimum atomic E-state index is -0.458. The molecule has 1 N–H and O–H groups in total. The second-order valence-electron chi connectivity index (χ2n) is 4.08. The average molecular weight is 276 g/mol. The van der Waals surface area contributed by atoms with E-state index in [1.807, 2.05) is 0 Å². The Morgan fingerprint density at radius 3 is 2.59 bits per heavy atom. The predicted octanol–water partition coefficient (Wildman–Crippen LogP) is 3.85. The second-order valence-corrected chi connectivity index (χ2v) is 4.92. The van der Waals surface area contributed by atoms with Crippen LogP contribution in [-0.4, -0.2) is 19.6 Å². The fraction of sp³-hybridized carbons (Fsp3) is 0.417.